The molecule has 0 aromatic heterocycles. The van der Waals surface area contributed by atoms with E-state index >= 15 is 0 Å². The Hall–Kier alpha value is -2.78. The third-order valence-corrected chi connectivity index (χ3v) is 7.33. The molecule has 4 amide bonds. The summed E-state index contributed by atoms with van der Waals surface area (Å²) in [7, 11) is 0. The largest absolute Gasteiger partial charge is 0.295 e. The Kier molecular flexibility index (Phi) is 4.26. The first-order valence-corrected chi connectivity index (χ1v) is 10.9. The van der Waals surface area contributed by atoms with Crippen molar-refractivity contribution in [3.8, 4) is 0 Å². The van der Waals surface area contributed by atoms with Gasteiger partial charge in [-0.2, -0.15) is 0 Å². The normalized spacial score (nSPS) is 33.8. The van der Waals surface area contributed by atoms with Crippen LogP contribution < -0.4 is 10.6 Å². The monoisotopic (exact) mass is 470 g/mol. The van der Waals surface area contributed by atoms with E-state index in [1.807, 2.05) is 0 Å². The standard InChI is InChI=1S/C22H16Cl2N4O4/c23-11-5-1-9(2-6-11)15-13-17(21(31)25-19(13)29)28-16(10-3-7-12(24)8-4-10)14-18(27(15)28)22(32)26-20(14)30/h1-8,13-18H,(H,25,29,31)(H,26,30,32)/t13-,14+,15-,16-,17-,18-/m0/s1. The molecule has 10 heteroatoms. The SMILES string of the molecule is O=C1NC(=O)[C@@H]2[C@@H]1[C@H](c1ccc(Cl)cc1)N1[C@@H]3C(=O)NC(=O)[C@@H]3[C@H](c3ccc(Cl)cc3)N21. The lowest BCUT2D eigenvalue weighted by Gasteiger charge is -2.33. The lowest BCUT2D eigenvalue weighted by atomic mass is 9.84. The Morgan fingerprint density at radius 2 is 0.875 bits per heavy atom. The number of carbonyl (C=O) groups excluding carboxylic acids is 4. The minimum atomic E-state index is -0.838. The second-order valence-electron chi connectivity index (χ2n) is 8.40. The van der Waals surface area contributed by atoms with Crippen LogP contribution in [-0.4, -0.2) is 45.7 Å². The maximum absolute atomic E-state index is 12.9. The Bertz CT molecular complexity index is 1090. The number of rotatable bonds is 2. The summed E-state index contributed by atoms with van der Waals surface area (Å²) in [5.74, 6) is -3.14. The van der Waals surface area contributed by atoms with Crippen molar-refractivity contribution in [2.75, 3.05) is 0 Å². The number of hydrogen-bond acceptors (Lipinski definition) is 6. The van der Waals surface area contributed by atoms with Gasteiger partial charge in [-0.15, -0.1) is 0 Å². The van der Waals surface area contributed by atoms with Crippen molar-refractivity contribution < 1.29 is 19.2 Å². The van der Waals surface area contributed by atoms with E-state index in [0.717, 1.165) is 11.1 Å². The van der Waals surface area contributed by atoms with Crippen molar-refractivity contribution in [3.05, 3.63) is 69.7 Å². The number of hydrazine groups is 1. The van der Waals surface area contributed by atoms with Gasteiger partial charge in [-0.3, -0.25) is 29.8 Å². The number of nitrogens with zero attached hydrogens (tertiary/aromatic N) is 2. The zero-order chi connectivity index (χ0) is 22.3. The summed E-state index contributed by atoms with van der Waals surface area (Å²) in [5.41, 5.74) is 1.47. The molecule has 0 bridgehead atoms. The van der Waals surface area contributed by atoms with Crippen molar-refractivity contribution in [3.63, 3.8) is 0 Å². The number of imide groups is 2. The van der Waals surface area contributed by atoms with Gasteiger partial charge >= 0.3 is 0 Å². The second-order valence-corrected chi connectivity index (χ2v) is 9.27. The van der Waals surface area contributed by atoms with Gasteiger partial charge in [0.15, 0.2) is 0 Å². The van der Waals surface area contributed by atoms with Gasteiger partial charge in [0.25, 0.3) is 0 Å². The van der Waals surface area contributed by atoms with Crippen LogP contribution in [0.15, 0.2) is 48.5 Å². The maximum Gasteiger partial charge on any atom is 0.246 e. The minimum absolute atomic E-state index is 0.398. The van der Waals surface area contributed by atoms with Crippen LogP contribution in [0.5, 0.6) is 0 Å². The molecule has 2 aromatic rings. The molecule has 4 aliphatic rings. The molecular formula is C22H16Cl2N4O4. The summed E-state index contributed by atoms with van der Waals surface area (Å²) in [6, 6.07) is 11.0. The molecule has 4 fully saturated rings. The van der Waals surface area contributed by atoms with Crippen molar-refractivity contribution >= 4 is 46.8 Å². The van der Waals surface area contributed by atoms with Crippen LogP contribution in [0.3, 0.4) is 0 Å². The van der Waals surface area contributed by atoms with E-state index in [1.165, 1.54) is 0 Å². The van der Waals surface area contributed by atoms with Crippen molar-refractivity contribution in [1.29, 1.82) is 0 Å². The smallest absolute Gasteiger partial charge is 0.246 e. The topological polar surface area (TPSA) is 98.8 Å². The van der Waals surface area contributed by atoms with E-state index in [9.17, 15) is 19.2 Å². The van der Waals surface area contributed by atoms with Crippen LogP contribution >= 0.6 is 23.2 Å². The molecule has 2 N–H and O–H groups in total. The number of halogens is 2. The second kappa shape index (κ2) is 6.86. The van der Waals surface area contributed by atoms with Gasteiger partial charge in [0.05, 0.1) is 23.9 Å². The first-order chi connectivity index (χ1) is 15.4. The number of carbonyl (C=O) groups is 4. The number of fused-ring (bicyclic) bond motifs is 5. The highest BCUT2D eigenvalue weighted by Gasteiger charge is 2.71. The van der Waals surface area contributed by atoms with Gasteiger partial charge in [0.1, 0.15) is 12.1 Å². The molecule has 162 valence electrons. The van der Waals surface area contributed by atoms with Crippen LogP contribution in [0.2, 0.25) is 10.0 Å². The predicted molar refractivity (Wildman–Crippen MR) is 113 cm³/mol. The third kappa shape index (κ3) is 2.58. The molecule has 0 saturated carbocycles. The highest BCUT2D eigenvalue weighted by atomic mass is 35.5. The zero-order valence-corrected chi connectivity index (χ0v) is 17.9. The van der Waals surface area contributed by atoms with Crippen molar-refractivity contribution in [1.82, 2.24) is 20.7 Å². The lowest BCUT2D eigenvalue weighted by Crippen LogP contribution is -2.48. The van der Waals surface area contributed by atoms with Crippen LogP contribution in [-0.2, 0) is 19.2 Å². The van der Waals surface area contributed by atoms with Crippen molar-refractivity contribution in [2.24, 2.45) is 11.8 Å². The summed E-state index contributed by atoms with van der Waals surface area (Å²) in [5, 5.41) is 9.45. The van der Waals surface area contributed by atoms with Gasteiger partial charge in [-0.1, -0.05) is 47.5 Å². The summed E-state index contributed by atoms with van der Waals surface area (Å²) < 4.78 is 0. The number of amides is 4. The van der Waals surface area contributed by atoms with E-state index in [0.29, 0.717) is 10.0 Å². The Morgan fingerprint density at radius 1 is 0.531 bits per heavy atom. The zero-order valence-electron chi connectivity index (χ0n) is 16.4. The molecule has 0 aliphatic carbocycles. The number of nitrogens with one attached hydrogen (secondary N) is 2. The molecule has 4 heterocycles. The van der Waals surface area contributed by atoms with Crippen LogP contribution in [0.4, 0.5) is 0 Å². The van der Waals surface area contributed by atoms with Gasteiger partial charge in [0, 0.05) is 10.0 Å². The first kappa shape index (κ1) is 19.9. The van der Waals surface area contributed by atoms with E-state index in [2.05, 4.69) is 10.6 Å². The van der Waals surface area contributed by atoms with E-state index in [-0.39, 0.29) is 0 Å². The number of hydrogen-bond donors (Lipinski definition) is 2. The fourth-order valence-electron chi connectivity index (χ4n) is 5.66. The molecule has 2 aromatic carbocycles. The molecule has 4 aliphatic heterocycles. The Balaban J connectivity index is 1.56. The van der Waals surface area contributed by atoms with Crippen molar-refractivity contribution in [2.45, 2.75) is 24.2 Å². The van der Waals surface area contributed by atoms with Crippen LogP contribution in [0, 0.1) is 11.8 Å². The molecule has 0 radical (unpaired) electrons. The summed E-state index contributed by atoms with van der Waals surface area (Å²) in [6.07, 6.45) is 0. The van der Waals surface area contributed by atoms with Crippen LogP contribution in [0.1, 0.15) is 23.2 Å². The Morgan fingerprint density at radius 3 is 1.22 bits per heavy atom. The number of benzene rings is 2. The summed E-state index contributed by atoms with van der Waals surface area (Å²) >= 11 is 12.1. The maximum atomic E-state index is 12.9. The minimum Gasteiger partial charge on any atom is -0.295 e. The quantitative estimate of drug-likeness (QED) is 0.646. The third-order valence-electron chi connectivity index (χ3n) is 6.83. The average Bonchev–Trinajstić information content (AvgIpc) is 3.43. The molecule has 6 atom stereocenters. The van der Waals surface area contributed by atoms with Gasteiger partial charge < -0.3 is 0 Å². The highest BCUT2D eigenvalue weighted by molar-refractivity contribution is 6.30. The molecule has 8 nitrogen and oxygen atoms in total. The van der Waals surface area contributed by atoms with E-state index < -0.39 is 59.6 Å². The molecule has 0 unspecified atom stereocenters. The molecule has 0 spiro atoms. The average molecular weight is 471 g/mol. The molecule has 6 rings (SSSR count). The van der Waals surface area contributed by atoms with E-state index in [4.69, 9.17) is 23.2 Å². The summed E-state index contributed by atoms with van der Waals surface area (Å²) in [4.78, 5) is 51.6. The highest BCUT2D eigenvalue weighted by Crippen LogP contribution is 2.57. The molecular weight excluding hydrogens is 455 g/mol. The molecule has 32 heavy (non-hydrogen) atoms. The first-order valence-electron chi connectivity index (χ1n) is 10.1. The van der Waals surface area contributed by atoms with Gasteiger partial charge in [-0.25, -0.2) is 10.0 Å². The Labute approximate surface area is 192 Å². The predicted octanol–water partition coefficient (Wildman–Crippen LogP) is 1.60. The van der Waals surface area contributed by atoms with Gasteiger partial charge in [0.2, 0.25) is 23.6 Å². The van der Waals surface area contributed by atoms with Crippen LogP contribution in [0.25, 0.3) is 0 Å². The van der Waals surface area contributed by atoms with E-state index in [1.54, 1.807) is 58.5 Å². The fourth-order valence-corrected chi connectivity index (χ4v) is 5.91. The fraction of sp³-hybridized carbons (Fsp3) is 0.273. The summed E-state index contributed by atoms with van der Waals surface area (Å²) in [6.45, 7) is 0. The lowest BCUT2D eigenvalue weighted by molar-refractivity contribution is -0.139. The molecule has 4 saturated heterocycles. The van der Waals surface area contributed by atoms with Gasteiger partial charge in [-0.05, 0) is 35.4 Å².